The van der Waals surface area contributed by atoms with Crippen LogP contribution in [-0.2, 0) is 20.9 Å². The molecule has 41 heavy (non-hydrogen) atoms. The van der Waals surface area contributed by atoms with Crippen molar-refractivity contribution in [3.63, 3.8) is 0 Å². The topological polar surface area (TPSA) is 55.8 Å². The van der Waals surface area contributed by atoms with E-state index in [0.29, 0.717) is 35.6 Å². The molecule has 1 amide bonds. The zero-order valence-corrected chi connectivity index (χ0v) is 25.6. The predicted molar refractivity (Wildman–Crippen MR) is 159 cm³/mol. The van der Waals surface area contributed by atoms with E-state index in [9.17, 15) is 9.59 Å². The lowest BCUT2D eigenvalue weighted by Gasteiger charge is -2.52. The highest BCUT2D eigenvalue weighted by Crippen LogP contribution is 2.65. The monoisotopic (exact) mass is 559 g/mol. The number of carbonyl (C=O) groups excluding carboxylic acids is 2. The molecule has 0 bridgehead atoms. The average Bonchev–Trinajstić information content (AvgIpc) is 3.42. The van der Waals surface area contributed by atoms with Crippen LogP contribution in [0.4, 0.5) is 4.79 Å². The zero-order valence-electron chi connectivity index (χ0n) is 25.6. The van der Waals surface area contributed by atoms with Crippen LogP contribution in [0.3, 0.4) is 0 Å². The van der Waals surface area contributed by atoms with E-state index in [1.54, 1.807) is 11.1 Å². The van der Waals surface area contributed by atoms with Crippen molar-refractivity contribution in [2.24, 2.45) is 40.9 Å². The van der Waals surface area contributed by atoms with Crippen molar-refractivity contribution in [3.05, 3.63) is 47.0 Å². The summed E-state index contributed by atoms with van der Waals surface area (Å²) in [5, 5.41) is 0. The van der Waals surface area contributed by atoms with Gasteiger partial charge in [-0.25, -0.2) is 4.79 Å². The summed E-state index contributed by atoms with van der Waals surface area (Å²) >= 11 is 0. The number of rotatable bonds is 2. The largest absolute Gasteiger partial charge is 0.445 e. The summed E-state index contributed by atoms with van der Waals surface area (Å²) in [7, 11) is 0. The number of allylic oxidation sites excluding steroid dienone is 1. The molecule has 222 valence electrons. The first kappa shape index (κ1) is 27.7. The molecule has 5 heteroatoms. The Kier molecular flexibility index (Phi) is 6.92. The molecule has 1 spiro atoms. The van der Waals surface area contributed by atoms with Gasteiger partial charge in [0.15, 0.2) is 0 Å². The molecule has 5 nitrogen and oxygen atoms in total. The van der Waals surface area contributed by atoms with Gasteiger partial charge in [-0.3, -0.25) is 4.79 Å². The number of fused-ring (bicyclic) bond motifs is 6. The number of Topliss-reactive ketones (excluding diaryl/α,β-unsaturated/α-hetero) is 1. The molecule has 1 aromatic carbocycles. The van der Waals surface area contributed by atoms with Gasteiger partial charge in [-0.1, -0.05) is 62.2 Å². The summed E-state index contributed by atoms with van der Waals surface area (Å²) in [4.78, 5) is 27.8. The summed E-state index contributed by atoms with van der Waals surface area (Å²) in [5.41, 5.74) is 4.44. The summed E-state index contributed by atoms with van der Waals surface area (Å²) < 4.78 is 13.0. The van der Waals surface area contributed by atoms with Crippen molar-refractivity contribution in [2.75, 3.05) is 6.54 Å². The average molecular weight is 560 g/mol. The van der Waals surface area contributed by atoms with Crippen LogP contribution in [0.5, 0.6) is 0 Å². The number of ketones is 1. The number of nitrogens with zero attached hydrogens (tertiary/aromatic N) is 1. The fraction of sp³-hybridized carbons (Fsp3) is 0.722. The van der Waals surface area contributed by atoms with Gasteiger partial charge in [-0.05, 0) is 98.9 Å². The first-order valence-electron chi connectivity index (χ1n) is 16.5. The van der Waals surface area contributed by atoms with Crippen molar-refractivity contribution in [3.8, 4) is 0 Å². The molecule has 10 atom stereocenters. The van der Waals surface area contributed by atoms with Gasteiger partial charge < -0.3 is 14.4 Å². The summed E-state index contributed by atoms with van der Waals surface area (Å²) in [6, 6.07) is 10.1. The Bertz CT molecular complexity index is 1230. The van der Waals surface area contributed by atoms with Gasteiger partial charge in [-0.2, -0.15) is 0 Å². The highest BCUT2D eigenvalue weighted by molar-refractivity contribution is 5.79. The van der Waals surface area contributed by atoms with Crippen LogP contribution in [0.2, 0.25) is 0 Å². The van der Waals surface area contributed by atoms with E-state index < -0.39 is 0 Å². The molecule has 4 aliphatic carbocycles. The number of carbonyl (C=O) groups is 2. The molecule has 0 aromatic heterocycles. The smallest absolute Gasteiger partial charge is 0.410 e. The Balaban J connectivity index is 1.11. The van der Waals surface area contributed by atoms with E-state index in [-0.39, 0.29) is 29.8 Å². The van der Waals surface area contributed by atoms with Crippen LogP contribution in [0, 0.1) is 40.9 Å². The maximum atomic E-state index is 13.5. The van der Waals surface area contributed by atoms with Crippen molar-refractivity contribution in [2.45, 2.75) is 116 Å². The van der Waals surface area contributed by atoms with Gasteiger partial charge in [0.2, 0.25) is 0 Å². The fourth-order valence-electron chi connectivity index (χ4n) is 10.9. The lowest BCUT2D eigenvalue weighted by molar-refractivity contribution is -0.129. The van der Waals surface area contributed by atoms with E-state index >= 15 is 0 Å². The number of amides is 1. The molecule has 0 radical (unpaired) electrons. The third-order valence-corrected chi connectivity index (χ3v) is 13.0. The molecule has 5 fully saturated rings. The minimum atomic E-state index is -0.202. The van der Waals surface area contributed by atoms with Gasteiger partial charge in [-0.15, -0.1) is 0 Å². The fourth-order valence-corrected chi connectivity index (χ4v) is 10.9. The molecule has 6 aliphatic rings. The summed E-state index contributed by atoms with van der Waals surface area (Å²) in [6.45, 7) is 10.6. The summed E-state index contributed by atoms with van der Waals surface area (Å²) in [6.07, 6.45) is 10.6. The lowest BCUT2D eigenvalue weighted by Crippen LogP contribution is -2.54. The van der Waals surface area contributed by atoms with Crippen molar-refractivity contribution >= 4 is 11.9 Å². The third-order valence-electron chi connectivity index (χ3n) is 13.0. The van der Waals surface area contributed by atoms with Gasteiger partial charge in [0.1, 0.15) is 12.4 Å². The van der Waals surface area contributed by atoms with E-state index in [2.05, 4.69) is 27.7 Å². The van der Waals surface area contributed by atoms with Crippen molar-refractivity contribution < 1.29 is 19.1 Å². The van der Waals surface area contributed by atoms with Crippen molar-refractivity contribution in [1.82, 2.24) is 4.90 Å². The molecular formula is C36H49NO4. The van der Waals surface area contributed by atoms with E-state index in [1.165, 1.54) is 25.7 Å². The Morgan fingerprint density at radius 3 is 2.71 bits per heavy atom. The molecule has 1 aromatic rings. The van der Waals surface area contributed by atoms with Crippen LogP contribution in [0.25, 0.3) is 0 Å². The predicted octanol–water partition coefficient (Wildman–Crippen LogP) is 7.73. The van der Waals surface area contributed by atoms with Crippen LogP contribution >= 0.6 is 0 Å². The Labute approximate surface area is 246 Å². The van der Waals surface area contributed by atoms with Gasteiger partial charge >= 0.3 is 6.09 Å². The highest BCUT2D eigenvalue weighted by Gasteiger charge is 2.60. The Morgan fingerprint density at radius 1 is 1.10 bits per heavy atom. The van der Waals surface area contributed by atoms with Crippen LogP contribution < -0.4 is 0 Å². The first-order chi connectivity index (χ1) is 19.7. The first-order valence-corrected chi connectivity index (χ1v) is 16.5. The second kappa shape index (κ2) is 10.2. The van der Waals surface area contributed by atoms with E-state index in [1.807, 2.05) is 35.2 Å². The molecule has 7 rings (SSSR count). The zero-order chi connectivity index (χ0) is 28.5. The summed E-state index contributed by atoms with van der Waals surface area (Å²) in [5.74, 6) is 3.91. The normalized spacial score (nSPS) is 43.7. The molecular weight excluding hydrogens is 510 g/mol. The number of hydrogen-bond acceptors (Lipinski definition) is 4. The molecule has 2 aliphatic heterocycles. The molecule has 0 N–H and O–H groups in total. The van der Waals surface area contributed by atoms with Crippen molar-refractivity contribution in [1.29, 1.82) is 0 Å². The minimum absolute atomic E-state index is 0.0760. The SMILES string of the molecule is CC1=C2C[C@H]3[C@@H](CC[C@H]4CC(=O)CC[C@@]43C)[C@@H]2CC[C@@]2(C1)O[C@@H]1C[C@H](C)CN(C(=O)OCc3ccccc3)[C@H]1[C@H]2C. The van der Waals surface area contributed by atoms with Gasteiger partial charge in [0.05, 0.1) is 17.7 Å². The quantitative estimate of drug-likeness (QED) is 0.348. The van der Waals surface area contributed by atoms with Gasteiger partial charge in [0.25, 0.3) is 0 Å². The number of piperidine rings is 1. The maximum Gasteiger partial charge on any atom is 0.410 e. The molecule has 2 heterocycles. The van der Waals surface area contributed by atoms with Crippen LogP contribution in [0.15, 0.2) is 41.5 Å². The number of hydrogen-bond donors (Lipinski definition) is 0. The number of benzene rings is 1. The van der Waals surface area contributed by atoms with Gasteiger partial charge in [0, 0.05) is 25.3 Å². The standard InChI is InChI=1S/C36H49NO4/c1-22-16-32-33(37(20-22)34(39)40-21-25-8-6-5-7-9-25)24(3)36(41-32)15-13-28-29-11-10-26-17-27(38)12-14-35(26,4)31(29)18-30(28)23(2)19-36/h5-9,22,24,26,28-29,31-33H,10-21H2,1-4H3/t22-,24+,26-,28-,29-,31-,32+,33-,35-,36-/m0/s1. The van der Waals surface area contributed by atoms with Crippen LogP contribution in [0.1, 0.15) is 97.5 Å². The van der Waals surface area contributed by atoms with E-state index in [4.69, 9.17) is 9.47 Å². The van der Waals surface area contributed by atoms with Crippen LogP contribution in [-0.4, -0.2) is 41.1 Å². The second-order valence-corrected chi connectivity index (χ2v) is 15.2. The number of ether oxygens (including phenoxy) is 2. The van der Waals surface area contributed by atoms with E-state index in [0.717, 1.165) is 62.5 Å². The lowest BCUT2D eigenvalue weighted by atomic mass is 9.52. The second-order valence-electron chi connectivity index (χ2n) is 15.2. The molecule has 0 unspecified atom stereocenters. The Hall–Kier alpha value is -2.14. The minimum Gasteiger partial charge on any atom is -0.445 e. The highest BCUT2D eigenvalue weighted by atomic mass is 16.6. The molecule has 3 saturated carbocycles. The molecule has 2 saturated heterocycles. The maximum absolute atomic E-state index is 13.5. The Morgan fingerprint density at radius 2 is 1.90 bits per heavy atom. The third kappa shape index (κ3) is 4.51. The number of likely N-dealkylation sites (tertiary alicyclic amines) is 1.